The normalized spacial score (nSPS) is 14.3. The highest BCUT2D eigenvalue weighted by atomic mass is 32.2. The first-order valence-corrected chi connectivity index (χ1v) is 8.35. The zero-order valence-corrected chi connectivity index (χ0v) is 13.6. The summed E-state index contributed by atoms with van der Waals surface area (Å²) in [6.07, 6.45) is 3.36. The molecule has 1 aromatic heterocycles. The number of nitrogens with zero attached hydrogens (tertiary/aromatic N) is 1. The van der Waals surface area contributed by atoms with Gasteiger partial charge < -0.3 is 16.0 Å². The van der Waals surface area contributed by atoms with Gasteiger partial charge in [-0.1, -0.05) is 17.8 Å². The SMILES string of the molecule is C[C@@H](Sc1nc(N)cc(=O)[nH]1)C(=O)Nc1ccc2c(c1)CCC2. The Bertz CT molecular complexity index is 803. The van der Waals surface area contributed by atoms with Crippen molar-refractivity contribution in [1.82, 2.24) is 9.97 Å². The Hall–Kier alpha value is -2.28. The van der Waals surface area contributed by atoms with Crippen molar-refractivity contribution in [2.24, 2.45) is 0 Å². The lowest BCUT2D eigenvalue weighted by atomic mass is 10.1. The average molecular weight is 330 g/mol. The van der Waals surface area contributed by atoms with Crippen molar-refractivity contribution in [2.45, 2.75) is 36.6 Å². The quantitative estimate of drug-likeness (QED) is 0.588. The van der Waals surface area contributed by atoms with Crippen LogP contribution in [-0.2, 0) is 17.6 Å². The number of rotatable bonds is 4. The van der Waals surface area contributed by atoms with Gasteiger partial charge in [0.2, 0.25) is 5.91 Å². The molecule has 120 valence electrons. The van der Waals surface area contributed by atoms with Crippen LogP contribution in [0.15, 0.2) is 34.2 Å². The van der Waals surface area contributed by atoms with Crippen LogP contribution >= 0.6 is 11.8 Å². The minimum absolute atomic E-state index is 0.141. The van der Waals surface area contributed by atoms with Crippen LogP contribution in [0, 0.1) is 0 Å². The van der Waals surface area contributed by atoms with Gasteiger partial charge in [-0.05, 0) is 49.4 Å². The van der Waals surface area contributed by atoms with Gasteiger partial charge in [-0.3, -0.25) is 9.59 Å². The molecule has 4 N–H and O–H groups in total. The van der Waals surface area contributed by atoms with E-state index in [1.807, 2.05) is 12.1 Å². The molecule has 1 heterocycles. The molecule has 1 aliphatic rings. The minimum Gasteiger partial charge on any atom is -0.383 e. The molecule has 23 heavy (non-hydrogen) atoms. The fourth-order valence-corrected chi connectivity index (χ4v) is 3.44. The summed E-state index contributed by atoms with van der Waals surface area (Å²) in [7, 11) is 0. The van der Waals surface area contributed by atoms with E-state index in [-0.39, 0.29) is 17.3 Å². The van der Waals surface area contributed by atoms with Crippen LogP contribution in [0.5, 0.6) is 0 Å². The number of aryl methyl sites for hydroxylation is 2. The number of nitrogens with one attached hydrogen (secondary N) is 2. The first-order valence-electron chi connectivity index (χ1n) is 7.47. The van der Waals surface area contributed by atoms with Crippen molar-refractivity contribution >= 4 is 29.2 Å². The molecule has 0 spiro atoms. The number of nitrogen functional groups attached to an aromatic ring is 1. The van der Waals surface area contributed by atoms with Crippen molar-refractivity contribution in [2.75, 3.05) is 11.1 Å². The molecule has 3 rings (SSSR count). The predicted molar refractivity (Wildman–Crippen MR) is 91.7 cm³/mol. The smallest absolute Gasteiger partial charge is 0.253 e. The summed E-state index contributed by atoms with van der Waals surface area (Å²) in [5, 5.41) is 2.84. The lowest BCUT2D eigenvalue weighted by Crippen LogP contribution is -2.23. The molecule has 1 aromatic carbocycles. The second-order valence-electron chi connectivity index (χ2n) is 5.56. The number of aromatic amines is 1. The molecule has 0 aliphatic heterocycles. The Morgan fingerprint density at radius 3 is 2.91 bits per heavy atom. The van der Waals surface area contributed by atoms with Gasteiger partial charge in [0.1, 0.15) is 5.82 Å². The van der Waals surface area contributed by atoms with Crippen LogP contribution in [0.25, 0.3) is 0 Å². The Morgan fingerprint density at radius 2 is 2.13 bits per heavy atom. The van der Waals surface area contributed by atoms with Crippen LogP contribution in [0.1, 0.15) is 24.5 Å². The van der Waals surface area contributed by atoms with E-state index in [0.29, 0.717) is 5.16 Å². The zero-order valence-electron chi connectivity index (χ0n) is 12.8. The molecular formula is C16H18N4O2S. The number of thioether (sulfide) groups is 1. The van der Waals surface area contributed by atoms with Crippen LogP contribution in [0.4, 0.5) is 11.5 Å². The monoisotopic (exact) mass is 330 g/mol. The van der Waals surface area contributed by atoms with E-state index in [9.17, 15) is 9.59 Å². The topological polar surface area (TPSA) is 101 Å². The van der Waals surface area contributed by atoms with Crippen molar-refractivity contribution in [3.63, 3.8) is 0 Å². The largest absolute Gasteiger partial charge is 0.383 e. The van der Waals surface area contributed by atoms with E-state index in [0.717, 1.165) is 18.5 Å². The van der Waals surface area contributed by atoms with E-state index in [4.69, 9.17) is 5.73 Å². The highest BCUT2D eigenvalue weighted by molar-refractivity contribution is 8.00. The number of carbonyl (C=O) groups excluding carboxylic acids is 1. The highest BCUT2D eigenvalue weighted by Crippen LogP contribution is 2.26. The van der Waals surface area contributed by atoms with Crippen molar-refractivity contribution in [1.29, 1.82) is 0 Å². The summed E-state index contributed by atoms with van der Waals surface area (Å²) in [4.78, 5) is 30.3. The third-order valence-corrected chi connectivity index (χ3v) is 4.75. The summed E-state index contributed by atoms with van der Waals surface area (Å²) in [5.74, 6) is 0.000464. The fraction of sp³-hybridized carbons (Fsp3) is 0.312. The van der Waals surface area contributed by atoms with Crippen molar-refractivity contribution in [3.05, 3.63) is 45.7 Å². The maximum Gasteiger partial charge on any atom is 0.253 e. The van der Waals surface area contributed by atoms with Gasteiger partial charge in [0.15, 0.2) is 5.16 Å². The maximum atomic E-state index is 12.3. The molecule has 0 radical (unpaired) electrons. The van der Waals surface area contributed by atoms with Crippen LogP contribution in [-0.4, -0.2) is 21.1 Å². The summed E-state index contributed by atoms with van der Waals surface area (Å²) < 4.78 is 0. The van der Waals surface area contributed by atoms with E-state index < -0.39 is 5.25 Å². The standard InChI is InChI=1S/C16H18N4O2S/c1-9(23-16-19-13(17)8-14(21)20-16)15(22)18-12-6-5-10-3-2-4-11(10)7-12/h5-9H,2-4H2,1H3,(H,18,22)(H3,17,19,20,21)/t9-/m1/s1. The number of fused-ring (bicyclic) bond motifs is 1. The number of amides is 1. The first kappa shape index (κ1) is 15.6. The zero-order chi connectivity index (χ0) is 16.4. The number of carbonyl (C=O) groups is 1. The number of aromatic nitrogens is 2. The molecule has 6 nitrogen and oxygen atoms in total. The van der Waals surface area contributed by atoms with Gasteiger partial charge >= 0.3 is 0 Å². The Balaban J connectivity index is 1.66. The molecular weight excluding hydrogens is 312 g/mol. The van der Waals surface area contributed by atoms with Gasteiger partial charge in [-0.25, -0.2) is 4.98 Å². The van der Waals surface area contributed by atoms with Gasteiger partial charge in [0.25, 0.3) is 5.56 Å². The third kappa shape index (κ3) is 3.73. The number of H-pyrrole nitrogens is 1. The molecule has 0 fully saturated rings. The maximum absolute atomic E-state index is 12.3. The summed E-state index contributed by atoms with van der Waals surface area (Å²) in [6, 6.07) is 7.25. The Labute approximate surface area is 137 Å². The van der Waals surface area contributed by atoms with Gasteiger partial charge in [-0.2, -0.15) is 0 Å². The van der Waals surface area contributed by atoms with Gasteiger partial charge in [0.05, 0.1) is 5.25 Å². The second kappa shape index (κ2) is 6.45. The lowest BCUT2D eigenvalue weighted by molar-refractivity contribution is -0.115. The summed E-state index contributed by atoms with van der Waals surface area (Å²) in [6.45, 7) is 1.76. The van der Waals surface area contributed by atoms with Crippen LogP contribution in [0.2, 0.25) is 0 Å². The molecule has 7 heteroatoms. The molecule has 1 amide bonds. The van der Waals surface area contributed by atoms with E-state index in [1.165, 1.54) is 35.4 Å². The van der Waals surface area contributed by atoms with Crippen molar-refractivity contribution < 1.29 is 4.79 Å². The predicted octanol–water partition coefficient (Wildman–Crippen LogP) is 1.96. The highest BCUT2D eigenvalue weighted by Gasteiger charge is 2.17. The van der Waals surface area contributed by atoms with E-state index in [2.05, 4.69) is 21.4 Å². The minimum atomic E-state index is -0.409. The Morgan fingerprint density at radius 1 is 1.35 bits per heavy atom. The number of nitrogens with two attached hydrogens (primary N) is 1. The summed E-state index contributed by atoms with van der Waals surface area (Å²) in [5.41, 5.74) is 8.69. The lowest BCUT2D eigenvalue weighted by Gasteiger charge is -2.12. The molecule has 0 saturated heterocycles. The molecule has 2 aromatic rings. The van der Waals surface area contributed by atoms with Crippen LogP contribution in [0.3, 0.4) is 0 Å². The number of anilines is 2. The van der Waals surface area contributed by atoms with Crippen molar-refractivity contribution in [3.8, 4) is 0 Å². The number of hydrogen-bond acceptors (Lipinski definition) is 5. The average Bonchev–Trinajstić information content (AvgIpc) is 2.93. The van der Waals surface area contributed by atoms with Crippen LogP contribution < -0.4 is 16.6 Å². The molecule has 1 atom stereocenters. The van der Waals surface area contributed by atoms with E-state index in [1.54, 1.807) is 6.92 Å². The Kier molecular flexibility index (Phi) is 4.38. The van der Waals surface area contributed by atoms with Gasteiger partial charge in [-0.15, -0.1) is 0 Å². The number of hydrogen-bond donors (Lipinski definition) is 3. The van der Waals surface area contributed by atoms with Gasteiger partial charge in [0, 0.05) is 11.8 Å². The van der Waals surface area contributed by atoms with E-state index >= 15 is 0 Å². The molecule has 1 aliphatic carbocycles. The third-order valence-electron chi connectivity index (χ3n) is 3.76. The number of benzene rings is 1. The molecule has 0 unspecified atom stereocenters. The first-order chi connectivity index (χ1) is 11.0. The molecule has 0 saturated carbocycles. The molecule has 0 bridgehead atoms. The second-order valence-corrected chi connectivity index (χ2v) is 6.89. The fourth-order valence-electron chi connectivity index (χ4n) is 2.62. The summed E-state index contributed by atoms with van der Waals surface area (Å²) >= 11 is 1.17.